The van der Waals surface area contributed by atoms with Crippen LogP contribution in [0.3, 0.4) is 0 Å². The molecule has 2 N–H and O–H groups in total. The molecule has 2 aromatic rings. The molecule has 21 heavy (non-hydrogen) atoms. The largest absolute Gasteiger partial charge is 0.322 e. The number of halogens is 2. The third-order valence-corrected chi connectivity index (χ3v) is 5.23. The summed E-state index contributed by atoms with van der Waals surface area (Å²) >= 11 is 1.65. The van der Waals surface area contributed by atoms with Gasteiger partial charge in [0.2, 0.25) is 0 Å². The van der Waals surface area contributed by atoms with E-state index in [0.29, 0.717) is 5.92 Å². The summed E-state index contributed by atoms with van der Waals surface area (Å²) in [7, 11) is 0. The quantitative estimate of drug-likeness (QED) is 0.857. The van der Waals surface area contributed by atoms with E-state index in [9.17, 15) is 4.39 Å². The molecule has 1 aromatic heterocycles. The lowest BCUT2D eigenvalue weighted by Crippen LogP contribution is -2.05. The summed E-state index contributed by atoms with van der Waals surface area (Å²) in [6, 6.07) is 6.66. The molecule has 0 radical (unpaired) electrons. The van der Waals surface area contributed by atoms with Gasteiger partial charge in [-0.25, -0.2) is 9.37 Å². The topological polar surface area (TPSA) is 38.9 Å². The minimum Gasteiger partial charge on any atom is -0.322 e. The fraction of sp³-hybridized carbons (Fsp3) is 0.438. The minimum atomic E-state index is -0.201. The number of nitrogens with zero attached hydrogens (tertiary/aromatic N) is 1. The Morgan fingerprint density at radius 1 is 1.24 bits per heavy atom. The van der Waals surface area contributed by atoms with Gasteiger partial charge in [-0.05, 0) is 37.5 Å². The molecule has 0 amide bonds. The van der Waals surface area contributed by atoms with Crippen LogP contribution in [-0.2, 0) is 0 Å². The van der Waals surface area contributed by atoms with E-state index in [0.717, 1.165) is 10.6 Å². The van der Waals surface area contributed by atoms with E-state index in [-0.39, 0.29) is 24.3 Å². The molecule has 0 aliphatic heterocycles. The lowest BCUT2D eigenvalue weighted by atomic mass is 10.00. The zero-order valence-electron chi connectivity index (χ0n) is 12.0. The van der Waals surface area contributed by atoms with E-state index in [1.54, 1.807) is 11.3 Å². The number of thiazole rings is 1. The summed E-state index contributed by atoms with van der Waals surface area (Å²) in [5.74, 6) is 0.340. The normalized spacial score (nSPS) is 16.7. The van der Waals surface area contributed by atoms with Crippen LogP contribution < -0.4 is 5.73 Å². The molecule has 1 atom stereocenters. The summed E-state index contributed by atoms with van der Waals surface area (Å²) in [6.45, 7) is 1.96. The zero-order chi connectivity index (χ0) is 14.1. The van der Waals surface area contributed by atoms with Gasteiger partial charge in [0.15, 0.2) is 0 Å². The molecule has 1 saturated carbocycles. The van der Waals surface area contributed by atoms with Crippen molar-refractivity contribution >= 4 is 23.7 Å². The first-order valence-corrected chi connectivity index (χ1v) is 7.99. The maximum atomic E-state index is 13.1. The third-order valence-electron chi connectivity index (χ3n) is 3.91. The maximum Gasteiger partial charge on any atom is 0.123 e. The van der Waals surface area contributed by atoms with Crippen LogP contribution in [0.15, 0.2) is 24.3 Å². The monoisotopic (exact) mass is 326 g/mol. The molecule has 1 heterocycles. The first-order valence-electron chi connectivity index (χ1n) is 7.17. The second-order valence-electron chi connectivity index (χ2n) is 5.54. The molecule has 0 bridgehead atoms. The van der Waals surface area contributed by atoms with Gasteiger partial charge >= 0.3 is 0 Å². The Morgan fingerprint density at radius 2 is 1.86 bits per heavy atom. The molecule has 1 aliphatic rings. The minimum absolute atomic E-state index is 0. The van der Waals surface area contributed by atoms with E-state index >= 15 is 0 Å². The second kappa shape index (κ2) is 6.86. The maximum absolute atomic E-state index is 13.1. The number of hydrogen-bond acceptors (Lipinski definition) is 3. The average molecular weight is 327 g/mol. The Morgan fingerprint density at radius 3 is 2.43 bits per heavy atom. The predicted molar refractivity (Wildman–Crippen MR) is 88.6 cm³/mol. The molecule has 114 valence electrons. The Balaban J connectivity index is 0.00000161. The summed E-state index contributed by atoms with van der Waals surface area (Å²) in [5.41, 5.74) is 8.21. The molecule has 3 rings (SSSR count). The summed E-state index contributed by atoms with van der Waals surface area (Å²) < 4.78 is 13.1. The van der Waals surface area contributed by atoms with Crippen molar-refractivity contribution in [1.82, 2.24) is 4.98 Å². The fourth-order valence-electron chi connectivity index (χ4n) is 2.83. The second-order valence-corrected chi connectivity index (χ2v) is 6.57. The van der Waals surface area contributed by atoms with Gasteiger partial charge in [0, 0.05) is 5.92 Å². The van der Waals surface area contributed by atoms with E-state index in [1.165, 1.54) is 48.4 Å². The molecule has 0 saturated heterocycles. The molecule has 1 aromatic carbocycles. The molecular formula is C16H20ClFN2S. The Labute approximate surface area is 135 Å². The number of nitrogens with two attached hydrogens (primary N) is 1. The summed E-state index contributed by atoms with van der Waals surface area (Å²) in [5, 5.41) is 0.978. The molecule has 2 nitrogen and oxygen atoms in total. The van der Waals surface area contributed by atoms with Gasteiger partial charge in [0.25, 0.3) is 0 Å². The predicted octanol–water partition coefficient (Wildman–Crippen LogP) is 5.05. The average Bonchev–Trinajstić information content (AvgIpc) is 3.08. The first kappa shape index (κ1) is 16.4. The third kappa shape index (κ3) is 3.44. The van der Waals surface area contributed by atoms with Crippen molar-refractivity contribution in [2.24, 2.45) is 5.73 Å². The van der Waals surface area contributed by atoms with Crippen LogP contribution >= 0.6 is 23.7 Å². The highest BCUT2D eigenvalue weighted by Gasteiger charge is 2.25. The van der Waals surface area contributed by atoms with Crippen LogP contribution in [0.1, 0.15) is 55.3 Å². The molecule has 0 unspecified atom stereocenters. The smallest absolute Gasteiger partial charge is 0.123 e. The van der Waals surface area contributed by atoms with Crippen molar-refractivity contribution in [3.63, 3.8) is 0 Å². The van der Waals surface area contributed by atoms with Crippen molar-refractivity contribution < 1.29 is 4.39 Å². The Hall–Kier alpha value is -0.970. The number of aromatic nitrogens is 1. The number of hydrogen-bond donors (Lipinski definition) is 1. The van der Waals surface area contributed by atoms with Crippen molar-refractivity contribution in [3.05, 3.63) is 40.8 Å². The van der Waals surface area contributed by atoms with E-state index in [4.69, 9.17) is 10.7 Å². The van der Waals surface area contributed by atoms with Gasteiger partial charge in [0.1, 0.15) is 10.8 Å². The Bertz CT molecular complexity index is 589. The van der Waals surface area contributed by atoms with Crippen molar-refractivity contribution in [2.75, 3.05) is 0 Å². The van der Waals surface area contributed by atoms with Gasteiger partial charge < -0.3 is 5.73 Å². The van der Waals surface area contributed by atoms with Gasteiger partial charge in [-0.2, -0.15) is 0 Å². The highest BCUT2D eigenvalue weighted by atomic mass is 35.5. The molecule has 5 heteroatoms. The van der Waals surface area contributed by atoms with Crippen LogP contribution in [0.25, 0.3) is 10.4 Å². The van der Waals surface area contributed by atoms with Crippen LogP contribution in [0, 0.1) is 5.82 Å². The van der Waals surface area contributed by atoms with Crippen molar-refractivity contribution in [3.8, 4) is 10.4 Å². The zero-order valence-corrected chi connectivity index (χ0v) is 13.6. The molecule has 1 aliphatic carbocycles. The van der Waals surface area contributed by atoms with E-state index < -0.39 is 0 Å². The van der Waals surface area contributed by atoms with Crippen LogP contribution in [0.4, 0.5) is 4.39 Å². The number of benzene rings is 1. The first-order chi connectivity index (χ1) is 9.65. The van der Waals surface area contributed by atoms with Crippen LogP contribution in [-0.4, -0.2) is 4.98 Å². The van der Waals surface area contributed by atoms with Gasteiger partial charge in [-0.3, -0.25) is 0 Å². The van der Waals surface area contributed by atoms with Crippen LogP contribution in [0.5, 0.6) is 0 Å². The lowest BCUT2D eigenvalue weighted by Gasteiger charge is -2.08. The molecule has 0 spiro atoms. The molecular weight excluding hydrogens is 307 g/mol. The van der Waals surface area contributed by atoms with Crippen molar-refractivity contribution in [2.45, 2.75) is 44.6 Å². The number of rotatable bonds is 3. The van der Waals surface area contributed by atoms with Gasteiger partial charge in [-0.1, -0.05) is 25.0 Å². The van der Waals surface area contributed by atoms with Crippen LogP contribution in [0.2, 0.25) is 0 Å². The van der Waals surface area contributed by atoms with Crippen molar-refractivity contribution in [1.29, 1.82) is 0 Å². The van der Waals surface area contributed by atoms with Gasteiger partial charge in [0.05, 0.1) is 16.6 Å². The fourth-order valence-corrected chi connectivity index (χ4v) is 3.94. The lowest BCUT2D eigenvalue weighted by molar-refractivity contribution is 0.628. The molecule has 1 fully saturated rings. The highest BCUT2D eigenvalue weighted by Crippen LogP contribution is 2.42. The van der Waals surface area contributed by atoms with E-state index in [1.807, 2.05) is 19.1 Å². The van der Waals surface area contributed by atoms with E-state index in [2.05, 4.69) is 0 Å². The SMILES string of the molecule is C[C@H](N)c1nc(C2CCCC2)c(-c2ccc(F)cc2)s1.Cl. The summed E-state index contributed by atoms with van der Waals surface area (Å²) in [6.07, 6.45) is 4.96. The van der Waals surface area contributed by atoms with Gasteiger partial charge in [-0.15, -0.1) is 23.7 Å². The Kier molecular flexibility index (Phi) is 5.36. The standard InChI is InChI=1S/C16H19FN2S.ClH/c1-10(18)16-19-14(11-4-2-3-5-11)15(20-16)12-6-8-13(17)9-7-12;/h6-11H,2-5,18H2,1H3;1H/t10-;/m0./s1. The summed E-state index contributed by atoms with van der Waals surface area (Å²) in [4.78, 5) is 5.96. The highest BCUT2D eigenvalue weighted by molar-refractivity contribution is 7.15.